The summed E-state index contributed by atoms with van der Waals surface area (Å²) in [5, 5.41) is 18.4. The number of aromatic nitrogens is 1. The molecule has 5 heteroatoms. The zero-order valence-corrected chi connectivity index (χ0v) is 10.7. The molecule has 1 rings (SSSR count). The summed E-state index contributed by atoms with van der Waals surface area (Å²) in [7, 11) is 1.70. The number of hydrogen-bond acceptors (Lipinski definition) is 5. The van der Waals surface area contributed by atoms with E-state index < -0.39 is 0 Å². The quantitative estimate of drug-likeness (QED) is 0.744. The number of aldehydes is 1. The summed E-state index contributed by atoms with van der Waals surface area (Å²) in [6.07, 6.45) is 1.33. The van der Waals surface area contributed by atoms with Gasteiger partial charge in [0.05, 0.1) is 23.4 Å². The summed E-state index contributed by atoms with van der Waals surface area (Å²) in [5.74, 6) is 0.456. The SMILES string of the molecule is CCc1c(C#N)c(C)nc(N(C)CC=O)c1C#N. The van der Waals surface area contributed by atoms with Crippen LogP contribution in [-0.2, 0) is 11.2 Å². The normalized spacial score (nSPS) is 9.39. The minimum atomic E-state index is 0.163. The zero-order valence-electron chi connectivity index (χ0n) is 10.7. The predicted octanol–water partition coefficient (Wildman–Crippen LogP) is 1.33. The molecule has 0 aliphatic rings. The van der Waals surface area contributed by atoms with E-state index in [0.717, 1.165) is 6.29 Å². The second-order valence-electron chi connectivity index (χ2n) is 3.87. The topological polar surface area (TPSA) is 80.8 Å². The van der Waals surface area contributed by atoms with E-state index >= 15 is 0 Å². The Morgan fingerprint density at radius 3 is 2.39 bits per heavy atom. The van der Waals surface area contributed by atoms with Crippen molar-refractivity contribution in [1.82, 2.24) is 4.98 Å². The van der Waals surface area contributed by atoms with Crippen LogP contribution in [-0.4, -0.2) is 24.9 Å². The van der Waals surface area contributed by atoms with Crippen LogP contribution < -0.4 is 4.90 Å². The summed E-state index contributed by atoms with van der Waals surface area (Å²) < 4.78 is 0. The second-order valence-corrected chi connectivity index (χ2v) is 3.87. The lowest BCUT2D eigenvalue weighted by atomic mass is 9.99. The minimum absolute atomic E-state index is 0.163. The molecule has 0 unspecified atom stereocenters. The van der Waals surface area contributed by atoms with Crippen molar-refractivity contribution in [2.24, 2.45) is 0 Å². The number of rotatable bonds is 4. The molecule has 18 heavy (non-hydrogen) atoms. The average molecular weight is 242 g/mol. The van der Waals surface area contributed by atoms with Crippen LogP contribution >= 0.6 is 0 Å². The van der Waals surface area contributed by atoms with E-state index in [2.05, 4.69) is 17.1 Å². The number of carbonyl (C=O) groups is 1. The lowest BCUT2D eigenvalue weighted by Crippen LogP contribution is -2.23. The van der Waals surface area contributed by atoms with Gasteiger partial charge in [-0.1, -0.05) is 6.92 Å². The van der Waals surface area contributed by atoms with Crippen molar-refractivity contribution in [3.63, 3.8) is 0 Å². The first kappa shape index (κ1) is 13.7. The Labute approximate surface area is 106 Å². The molecule has 1 aromatic rings. The zero-order chi connectivity index (χ0) is 13.7. The Balaban J connectivity index is 3.56. The van der Waals surface area contributed by atoms with Gasteiger partial charge in [-0.3, -0.25) is 0 Å². The maximum atomic E-state index is 10.5. The number of nitriles is 2. The number of nitrogens with zero attached hydrogens (tertiary/aromatic N) is 4. The van der Waals surface area contributed by atoms with Crippen LogP contribution in [0.15, 0.2) is 0 Å². The Morgan fingerprint density at radius 1 is 1.33 bits per heavy atom. The molecule has 0 fully saturated rings. The number of aryl methyl sites for hydroxylation is 1. The van der Waals surface area contributed by atoms with Crippen LogP contribution in [0.3, 0.4) is 0 Å². The molecule has 1 heterocycles. The summed E-state index contributed by atoms with van der Waals surface area (Å²) in [6.45, 7) is 3.78. The minimum Gasteiger partial charge on any atom is -0.352 e. The molecule has 92 valence electrons. The van der Waals surface area contributed by atoms with Gasteiger partial charge in [0.2, 0.25) is 0 Å². The van der Waals surface area contributed by atoms with E-state index in [1.54, 1.807) is 18.9 Å². The van der Waals surface area contributed by atoms with Gasteiger partial charge in [0.1, 0.15) is 24.2 Å². The summed E-state index contributed by atoms with van der Waals surface area (Å²) in [6, 6.07) is 4.17. The highest BCUT2D eigenvalue weighted by Crippen LogP contribution is 2.25. The predicted molar refractivity (Wildman–Crippen MR) is 67.1 cm³/mol. The first-order valence-electron chi connectivity index (χ1n) is 5.59. The molecular weight excluding hydrogens is 228 g/mol. The van der Waals surface area contributed by atoms with Gasteiger partial charge in [-0.25, -0.2) is 4.98 Å². The van der Waals surface area contributed by atoms with Crippen LogP contribution in [0.5, 0.6) is 0 Å². The first-order chi connectivity index (χ1) is 8.60. The molecule has 0 aliphatic heterocycles. The van der Waals surface area contributed by atoms with E-state index in [9.17, 15) is 10.1 Å². The van der Waals surface area contributed by atoms with E-state index in [4.69, 9.17) is 5.26 Å². The largest absolute Gasteiger partial charge is 0.352 e. The third-order valence-corrected chi connectivity index (χ3v) is 2.75. The first-order valence-corrected chi connectivity index (χ1v) is 5.59. The van der Waals surface area contributed by atoms with Crippen molar-refractivity contribution in [1.29, 1.82) is 10.5 Å². The summed E-state index contributed by atoms with van der Waals surface area (Å²) in [4.78, 5) is 16.4. The standard InChI is InChI=1S/C13H14N4O/c1-4-10-11(7-14)9(2)16-13(12(10)8-15)17(3)5-6-18/h6H,4-5H2,1-3H3. The third kappa shape index (κ3) is 2.31. The van der Waals surface area contributed by atoms with Crippen LogP contribution in [0, 0.1) is 29.6 Å². The molecule has 1 aromatic heterocycles. The molecule has 0 aromatic carbocycles. The average Bonchev–Trinajstić information content (AvgIpc) is 2.37. The van der Waals surface area contributed by atoms with Gasteiger partial charge in [-0.15, -0.1) is 0 Å². The molecule has 0 N–H and O–H groups in total. The highest BCUT2D eigenvalue weighted by molar-refractivity contribution is 5.67. The number of likely N-dealkylation sites (N-methyl/N-ethyl adjacent to an activating group) is 1. The van der Waals surface area contributed by atoms with E-state index in [0.29, 0.717) is 34.6 Å². The van der Waals surface area contributed by atoms with E-state index in [-0.39, 0.29) is 6.54 Å². The van der Waals surface area contributed by atoms with Crippen LogP contribution in [0.4, 0.5) is 5.82 Å². The van der Waals surface area contributed by atoms with Crippen molar-refractivity contribution >= 4 is 12.1 Å². The fraction of sp³-hybridized carbons (Fsp3) is 0.385. The maximum Gasteiger partial charge on any atom is 0.147 e. The van der Waals surface area contributed by atoms with Crippen molar-refractivity contribution in [3.05, 3.63) is 22.4 Å². The van der Waals surface area contributed by atoms with E-state index in [1.807, 2.05) is 6.92 Å². The Hall–Kier alpha value is -2.40. The van der Waals surface area contributed by atoms with Gasteiger partial charge in [0, 0.05) is 7.05 Å². The molecule has 0 spiro atoms. The van der Waals surface area contributed by atoms with Crippen LogP contribution in [0.25, 0.3) is 0 Å². The van der Waals surface area contributed by atoms with Crippen molar-refractivity contribution < 1.29 is 4.79 Å². The smallest absolute Gasteiger partial charge is 0.147 e. The van der Waals surface area contributed by atoms with Gasteiger partial charge in [-0.2, -0.15) is 10.5 Å². The maximum absolute atomic E-state index is 10.5. The number of carbonyl (C=O) groups excluding carboxylic acids is 1. The van der Waals surface area contributed by atoms with Crippen molar-refractivity contribution in [3.8, 4) is 12.1 Å². The highest BCUT2D eigenvalue weighted by atomic mass is 16.1. The van der Waals surface area contributed by atoms with Gasteiger partial charge >= 0.3 is 0 Å². The third-order valence-electron chi connectivity index (χ3n) is 2.75. The Kier molecular flexibility index (Phi) is 4.39. The van der Waals surface area contributed by atoms with Crippen molar-refractivity contribution in [2.75, 3.05) is 18.5 Å². The van der Waals surface area contributed by atoms with Gasteiger partial charge in [0.15, 0.2) is 0 Å². The Morgan fingerprint density at radius 2 is 1.94 bits per heavy atom. The van der Waals surface area contributed by atoms with E-state index in [1.165, 1.54) is 0 Å². The fourth-order valence-corrected chi connectivity index (χ4v) is 1.84. The highest BCUT2D eigenvalue weighted by Gasteiger charge is 2.18. The molecule has 0 saturated heterocycles. The molecule has 0 bridgehead atoms. The summed E-state index contributed by atoms with van der Waals surface area (Å²) in [5.41, 5.74) is 2.11. The fourth-order valence-electron chi connectivity index (χ4n) is 1.84. The van der Waals surface area contributed by atoms with Gasteiger partial charge in [-0.05, 0) is 18.9 Å². The number of pyridine rings is 1. The number of anilines is 1. The summed E-state index contributed by atoms with van der Waals surface area (Å²) >= 11 is 0. The molecule has 0 radical (unpaired) electrons. The molecule has 0 amide bonds. The molecule has 0 saturated carbocycles. The van der Waals surface area contributed by atoms with Crippen LogP contribution in [0.1, 0.15) is 29.3 Å². The molecular formula is C13H14N4O. The number of hydrogen-bond donors (Lipinski definition) is 0. The van der Waals surface area contributed by atoms with Crippen molar-refractivity contribution in [2.45, 2.75) is 20.3 Å². The monoisotopic (exact) mass is 242 g/mol. The second kappa shape index (κ2) is 5.79. The van der Waals surface area contributed by atoms with Gasteiger partial charge < -0.3 is 9.69 Å². The Bertz CT molecular complexity index is 552. The molecule has 0 atom stereocenters. The molecule has 5 nitrogen and oxygen atoms in total. The molecule has 0 aliphatic carbocycles. The lowest BCUT2D eigenvalue weighted by Gasteiger charge is -2.19. The van der Waals surface area contributed by atoms with Gasteiger partial charge in [0.25, 0.3) is 0 Å². The lowest BCUT2D eigenvalue weighted by molar-refractivity contribution is -0.106. The van der Waals surface area contributed by atoms with Crippen LogP contribution in [0.2, 0.25) is 0 Å².